The number of rotatable bonds is 1. The van der Waals surface area contributed by atoms with E-state index in [2.05, 4.69) is 74.4 Å². The van der Waals surface area contributed by atoms with Gasteiger partial charge in [-0.15, -0.1) is 0 Å². The van der Waals surface area contributed by atoms with E-state index in [1.54, 1.807) is 0 Å². The van der Waals surface area contributed by atoms with Gasteiger partial charge < -0.3 is 10.2 Å². The summed E-state index contributed by atoms with van der Waals surface area (Å²) >= 11 is 0. The van der Waals surface area contributed by atoms with Crippen LogP contribution in [0.5, 0.6) is 5.75 Å². The van der Waals surface area contributed by atoms with Gasteiger partial charge in [-0.1, -0.05) is 85.9 Å². The fraction of sp³-hybridized carbons (Fsp3) is 0.650. The van der Waals surface area contributed by atoms with Crippen molar-refractivity contribution in [1.82, 2.24) is 0 Å². The van der Waals surface area contributed by atoms with Gasteiger partial charge in [0.25, 0.3) is 6.47 Å². The van der Waals surface area contributed by atoms with Gasteiger partial charge in [0.05, 0.1) is 0 Å². The van der Waals surface area contributed by atoms with Gasteiger partial charge in [-0.05, 0) is 28.9 Å². The average molecular weight is 325 g/mol. The van der Waals surface area contributed by atoms with E-state index in [1.807, 2.05) is 0 Å². The normalized spacial score (nSPS) is 10.8. The van der Waals surface area contributed by atoms with E-state index in [1.165, 1.54) is 18.4 Å². The molecule has 134 valence electrons. The summed E-state index contributed by atoms with van der Waals surface area (Å²) in [6.07, 6.45) is 2.64. The Labute approximate surface area is 142 Å². The molecule has 0 aliphatic carbocycles. The van der Waals surface area contributed by atoms with Crippen molar-refractivity contribution in [3.8, 4) is 5.75 Å². The van der Waals surface area contributed by atoms with Crippen LogP contribution < -0.4 is 0 Å². The maximum Gasteiger partial charge on any atom is 0.290 e. The molecule has 1 aromatic rings. The van der Waals surface area contributed by atoms with Crippen molar-refractivity contribution in [3.63, 3.8) is 0 Å². The predicted octanol–water partition coefficient (Wildman–Crippen LogP) is 5.80. The molecule has 0 atom stereocenters. The van der Waals surface area contributed by atoms with E-state index in [9.17, 15) is 5.11 Å². The molecule has 2 N–H and O–H groups in total. The smallest absolute Gasteiger partial charge is 0.290 e. The average Bonchev–Trinajstić information content (AvgIpc) is 2.40. The van der Waals surface area contributed by atoms with Crippen LogP contribution in [0.4, 0.5) is 0 Å². The Kier molecular flexibility index (Phi) is 10.6. The van der Waals surface area contributed by atoms with Gasteiger partial charge in [0.2, 0.25) is 0 Å². The van der Waals surface area contributed by atoms with Gasteiger partial charge in [-0.3, -0.25) is 4.79 Å². The van der Waals surface area contributed by atoms with E-state index in [0.29, 0.717) is 5.75 Å². The summed E-state index contributed by atoms with van der Waals surface area (Å²) in [5, 5.41) is 17.3. The van der Waals surface area contributed by atoms with E-state index < -0.39 is 0 Å². The minimum atomic E-state index is -0.250. The number of aromatic hydroxyl groups is 1. The molecule has 3 heteroatoms. The molecule has 0 amide bonds. The second kappa shape index (κ2) is 10.3. The summed E-state index contributed by atoms with van der Waals surface area (Å²) < 4.78 is 0. The lowest BCUT2D eigenvalue weighted by atomic mass is 9.78. The van der Waals surface area contributed by atoms with Crippen molar-refractivity contribution >= 4 is 6.47 Å². The summed E-state index contributed by atoms with van der Waals surface area (Å²) in [5.41, 5.74) is 3.26. The van der Waals surface area contributed by atoms with Crippen molar-refractivity contribution in [2.45, 2.75) is 86.0 Å². The number of hydrogen-bond acceptors (Lipinski definition) is 2. The Morgan fingerprint density at radius 2 is 1.17 bits per heavy atom. The first-order valence-electron chi connectivity index (χ1n) is 8.29. The van der Waals surface area contributed by atoms with Crippen molar-refractivity contribution < 1.29 is 15.0 Å². The van der Waals surface area contributed by atoms with Crippen LogP contribution in [-0.2, 0) is 15.6 Å². The lowest BCUT2D eigenvalue weighted by molar-refractivity contribution is -0.122. The Morgan fingerprint density at radius 3 is 1.35 bits per heavy atom. The summed E-state index contributed by atoms with van der Waals surface area (Å²) in [7, 11) is 0. The molecule has 0 radical (unpaired) electrons. The second-order valence-corrected chi connectivity index (χ2v) is 7.81. The molecule has 0 aliphatic heterocycles. The highest BCUT2D eigenvalue weighted by atomic mass is 16.3. The molecule has 0 aromatic heterocycles. The Balaban J connectivity index is 0. The largest absolute Gasteiger partial charge is 0.507 e. The molecular formula is C20H36O3. The number of phenolic OH excluding ortho intramolecular Hbond substituents is 1. The molecule has 23 heavy (non-hydrogen) atoms. The Bertz CT molecular complexity index is 426. The quantitative estimate of drug-likeness (QED) is 0.641. The fourth-order valence-electron chi connectivity index (χ4n) is 1.92. The zero-order chi connectivity index (χ0) is 18.8. The lowest BCUT2D eigenvalue weighted by Crippen LogP contribution is -2.17. The third kappa shape index (κ3) is 9.27. The maximum atomic E-state index is 10.4. The minimum absolute atomic E-state index is 0.0178. The number of carboxylic acid groups (broad SMARTS) is 1. The van der Waals surface area contributed by atoms with Gasteiger partial charge in [0, 0.05) is 0 Å². The zero-order valence-electron chi connectivity index (χ0n) is 16.4. The minimum Gasteiger partial charge on any atom is -0.507 e. The number of carbonyl (C=O) groups is 1. The molecule has 0 saturated heterocycles. The van der Waals surface area contributed by atoms with Crippen LogP contribution in [0.2, 0.25) is 0 Å². The molecule has 0 aliphatic rings. The molecule has 0 heterocycles. The van der Waals surface area contributed by atoms with Crippen LogP contribution in [0.25, 0.3) is 0 Å². The van der Waals surface area contributed by atoms with E-state index in [-0.39, 0.29) is 17.3 Å². The van der Waals surface area contributed by atoms with Crippen molar-refractivity contribution in [3.05, 3.63) is 28.8 Å². The molecule has 0 bridgehead atoms. The van der Waals surface area contributed by atoms with Gasteiger partial charge in [0.15, 0.2) is 0 Å². The van der Waals surface area contributed by atoms with E-state index >= 15 is 0 Å². The van der Waals surface area contributed by atoms with Crippen LogP contribution in [0.15, 0.2) is 12.1 Å². The Hall–Kier alpha value is -1.51. The molecule has 1 aromatic carbocycles. The summed E-state index contributed by atoms with van der Waals surface area (Å²) in [6.45, 7) is 19.0. The third-order valence-electron chi connectivity index (χ3n) is 3.37. The molecule has 1 rings (SSSR count). The maximum absolute atomic E-state index is 10.4. The second-order valence-electron chi connectivity index (χ2n) is 7.81. The summed E-state index contributed by atoms with van der Waals surface area (Å²) in [4.78, 5) is 8.36. The van der Waals surface area contributed by atoms with Crippen LogP contribution in [0.1, 0.15) is 84.9 Å². The lowest BCUT2D eigenvalue weighted by Gasteiger charge is -2.27. The van der Waals surface area contributed by atoms with Crippen molar-refractivity contribution in [2.75, 3.05) is 0 Å². The van der Waals surface area contributed by atoms with E-state index in [0.717, 1.165) is 11.1 Å². The first-order valence-corrected chi connectivity index (χ1v) is 8.29. The summed E-state index contributed by atoms with van der Waals surface area (Å²) in [5.74, 6) is 0.464. The monoisotopic (exact) mass is 324 g/mol. The SMILES string of the molecule is CCCC.Cc1cc(C(C)(C)C)c(O)c(C(C)(C)C)c1.O=CO. The highest BCUT2D eigenvalue weighted by molar-refractivity contribution is 5.49. The van der Waals surface area contributed by atoms with E-state index in [4.69, 9.17) is 9.90 Å². The zero-order valence-corrected chi connectivity index (χ0v) is 16.4. The molecular weight excluding hydrogens is 288 g/mol. The standard InChI is InChI=1S/C15H24O.C4H10.CH2O2/c1-10-8-11(14(2,3)4)13(16)12(9-10)15(5,6)7;1-3-4-2;2-1-3/h8-9,16H,1-7H3;3-4H2,1-2H3;1H,(H,2,3). The molecule has 0 fully saturated rings. The van der Waals surface area contributed by atoms with Gasteiger partial charge in [-0.25, -0.2) is 0 Å². The van der Waals surface area contributed by atoms with Crippen LogP contribution >= 0.6 is 0 Å². The number of aryl methyl sites for hydroxylation is 1. The van der Waals surface area contributed by atoms with Gasteiger partial charge in [0.1, 0.15) is 5.75 Å². The summed E-state index contributed by atoms with van der Waals surface area (Å²) in [6, 6.07) is 4.18. The van der Waals surface area contributed by atoms with Crippen molar-refractivity contribution in [1.29, 1.82) is 0 Å². The Morgan fingerprint density at radius 1 is 0.913 bits per heavy atom. The van der Waals surface area contributed by atoms with Gasteiger partial charge in [-0.2, -0.15) is 0 Å². The topological polar surface area (TPSA) is 57.5 Å². The first kappa shape index (κ1) is 23.8. The van der Waals surface area contributed by atoms with Crippen LogP contribution in [0.3, 0.4) is 0 Å². The fourth-order valence-corrected chi connectivity index (χ4v) is 1.92. The number of hydrogen-bond donors (Lipinski definition) is 2. The molecule has 0 unspecified atom stereocenters. The number of unbranched alkanes of at least 4 members (excludes halogenated alkanes) is 1. The van der Waals surface area contributed by atoms with Crippen LogP contribution in [-0.4, -0.2) is 16.7 Å². The predicted molar refractivity (Wildman–Crippen MR) is 99.5 cm³/mol. The van der Waals surface area contributed by atoms with Crippen LogP contribution in [0, 0.1) is 6.92 Å². The van der Waals surface area contributed by atoms with Crippen molar-refractivity contribution in [2.24, 2.45) is 0 Å². The highest BCUT2D eigenvalue weighted by Crippen LogP contribution is 2.39. The number of phenols is 1. The number of benzene rings is 1. The molecule has 0 saturated carbocycles. The third-order valence-corrected chi connectivity index (χ3v) is 3.37. The first-order chi connectivity index (χ1) is 10.4. The molecule has 0 spiro atoms. The van der Waals surface area contributed by atoms with Gasteiger partial charge >= 0.3 is 0 Å². The highest BCUT2D eigenvalue weighted by Gasteiger charge is 2.25. The molecule has 3 nitrogen and oxygen atoms in total.